The first-order chi connectivity index (χ1) is 24.5. The topological polar surface area (TPSA) is 141 Å². The second kappa shape index (κ2) is 15.7. The molecule has 2 fully saturated rings. The van der Waals surface area contributed by atoms with Crippen molar-refractivity contribution in [2.24, 2.45) is 0 Å². The molecule has 3 aromatic carbocycles. The molecular formula is C37H44ClN8O4P. The van der Waals surface area contributed by atoms with Crippen molar-refractivity contribution in [2.45, 2.75) is 44.3 Å². The first-order valence-electron chi connectivity index (χ1n) is 17.0. The number of nitrogens with one attached hydrogen (secondary N) is 4. The number of hydrogen-bond acceptors (Lipinski definition) is 11. The summed E-state index contributed by atoms with van der Waals surface area (Å²) in [5.74, 6) is 0.895. The molecule has 268 valence electrons. The molecule has 1 atom stereocenters. The number of halogens is 1. The van der Waals surface area contributed by atoms with Gasteiger partial charge in [-0.05, 0) is 75.5 Å². The Kier molecular flexibility index (Phi) is 11.1. The molecule has 1 unspecified atom stereocenters. The highest BCUT2D eigenvalue weighted by atomic mass is 35.5. The smallest absolute Gasteiger partial charge is 0.249 e. The second-order valence-corrected chi connectivity index (χ2v) is 16.9. The van der Waals surface area contributed by atoms with Gasteiger partial charge in [0.05, 0.1) is 24.7 Å². The number of aromatic nitrogens is 2. The number of para-hydroxylation sites is 2. The summed E-state index contributed by atoms with van der Waals surface area (Å²) in [6.45, 7) is 5.98. The van der Waals surface area contributed by atoms with Crippen molar-refractivity contribution < 1.29 is 18.9 Å². The Morgan fingerprint density at radius 3 is 2.43 bits per heavy atom. The van der Waals surface area contributed by atoms with Gasteiger partial charge in [0.15, 0.2) is 5.82 Å². The van der Waals surface area contributed by atoms with Crippen LogP contribution in [0.5, 0.6) is 5.75 Å². The average Bonchev–Trinajstić information content (AvgIpc) is 3.11. The Hall–Kier alpha value is -4.64. The van der Waals surface area contributed by atoms with Gasteiger partial charge >= 0.3 is 0 Å². The van der Waals surface area contributed by atoms with Gasteiger partial charge in [0.2, 0.25) is 17.8 Å². The Bertz CT molecular complexity index is 1950. The highest BCUT2D eigenvalue weighted by Gasteiger charge is 2.28. The molecule has 3 heterocycles. The number of carbonyl (C=O) groups excluding carboxylic acids is 2. The number of rotatable bonds is 12. The molecule has 4 N–H and O–H groups in total. The third-order valence-corrected chi connectivity index (χ3v) is 11.2. The minimum atomic E-state index is -2.54. The molecule has 0 bridgehead atoms. The fraction of sp³-hybridized carbons (Fsp3) is 0.351. The number of anilines is 6. The van der Waals surface area contributed by atoms with Crippen LogP contribution in [0.4, 0.5) is 34.5 Å². The number of amides is 2. The van der Waals surface area contributed by atoms with Crippen LogP contribution in [-0.4, -0.2) is 79.3 Å². The van der Waals surface area contributed by atoms with E-state index in [4.69, 9.17) is 16.3 Å². The lowest BCUT2D eigenvalue weighted by molar-refractivity contribution is -0.133. The van der Waals surface area contributed by atoms with Gasteiger partial charge in [0, 0.05) is 54.8 Å². The fourth-order valence-corrected chi connectivity index (χ4v) is 7.87. The highest BCUT2D eigenvalue weighted by molar-refractivity contribution is 7.70. The molecule has 0 saturated carbocycles. The third-order valence-electron chi connectivity index (χ3n) is 9.37. The number of methoxy groups -OCH3 is 1. The monoisotopic (exact) mass is 730 g/mol. The Morgan fingerprint density at radius 1 is 0.980 bits per heavy atom. The molecule has 2 amide bonds. The minimum absolute atomic E-state index is 0.218. The van der Waals surface area contributed by atoms with E-state index in [2.05, 4.69) is 60.2 Å². The highest BCUT2D eigenvalue weighted by Crippen LogP contribution is 2.39. The SMILES string of the molecule is COc1cc(N2CCC(N(C)Cc3ccccc3NC3CCC(=O)NC3=O)CC2)ccc1Nc1ncc(Cl)c(Nc2ccccc2P(C)(C)=O)n1. The Balaban J connectivity index is 1.07. The first-order valence-corrected chi connectivity index (χ1v) is 20.0. The number of hydrogen-bond donors (Lipinski definition) is 4. The lowest BCUT2D eigenvalue weighted by atomic mass is 10.0. The maximum absolute atomic E-state index is 12.9. The molecule has 51 heavy (non-hydrogen) atoms. The standard InChI is InChI=1S/C37H44ClN8O4P/c1-45(23-24-9-5-6-10-28(24)40-31-15-16-34(47)43-36(31)48)25-17-19-46(20-18-25)26-13-14-29(32(21-26)50-2)42-37-39-22-27(38)35(44-37)41-30-11-7-8-12-33(30)51(3,4)49/h5-14,21-22,25,31,40H,15-20,23H2,1-4H3,(H,43,47,48)(H2,39,41,42,44). The van der Waals surface area contributed by atoms with Gasteiger partial charge < -0.3 is 30.2 Å². The molecule has 2 saturated heterocycles. The van der Waals surface area contributed by atoms with Crippen molar-refractivity contribution in [1.82, 2.24) is 20.2 Å². The van der Waals surface area contributed by atoms with Gasteiger partial charge in [-0.15, -0.1) is 0 Å². The number of imide groups is 1. The molecule has 12 nitrogen and oxygen atoms in total. The van der Waals surface area contributed by atoms with E-state index in [1.165, 1.54) is 6.20 Å². The van der Waals surface area contributed by atoms with Gasteiger partial charge in [0.25, 0.3) is 0 Å². The molecule has 6 rings (SSSR count). The maximum Gasteiger partial charge on any atom is 0.249 e. The normalized spacial score (nSPS) is 16.9. The molecule has 1 aromatic heterocycles. The van der Waals surface area contributed by atoms with Crippen molar-refractivity contribution in [2.75, 3.05) is 61.4 Å². The third kappa shape index (κ3) is 8.81. The van der Waals surface area contributed by atoms with Crippen molar-refractivity contribution in [1.29, 1.82) is 0 Å². The molecular weight excluding hydrogens is 687 g/mol. The molecule has 0 aliphatic carbocycles. The number of benzene rings is 3. The second-order valence-electron chi connectivity index (χ2n) is 13.3. The molecule has 0 radical (unpaired) electrons. The van der Waals surface area contributed by atoms with E-state index in [1.807, 2.05) is 54.6 Å². The minimum Gasteiger partial charge on any atom is -0.494 e. The first kappa shape index (κ1) is 36.2. The Labute approximate surface area is 303 Å². The van der Waals surface area contributed by atoms with Crippen molar-refractivity contribution >= 4 is 70.4 Å². The van der Waals surface area contributed by atoms with Crippen LogP contribution in [0.1, 0.15) is 31.2 Å². The van der Waals surface area contributed by atoms with Gasteiger partial charge in [0.1, 0.15) is 24.0 Å². The summed E-state index contributed by atoms with van der Waals surface area (Å²) in [5.41, 5.74) is 4.49. The number of nitrogens with zero attached hydrogens (tertiary/aromatic N) is 4. The zero-order valence-electron chi connectivity index (χ0n) is 29.3. The maximum atomic E-state index is 12.9. The van der Waals surface area contributed by atoms with E-state index < -0.39 is 13.2 Å². The molecule has 4 aromatic rings. The molecule has 0 spiro atoms. The molecule has 2 aliphatic heterocycles. The van der Waals surface area contributed by atoms with Crippen LogP contribution in [-0.2, 0) is 20.7 Å². The van der Waals surface area contributed by atoms with E-state index in [9.17, 15) is 14.2 Å². The fourth-order valence-electron chi connectivity index (χ4n) is 6.57. The van der Waals surface area contributed by atoms with Crippen molar-refractivity contribution in [3.63, 3.8) is 0 Å². The summed E-state index contributed by atoms with van der Waals surface area (Å²) in [4.78, 5) is 37.7. The van der Waals surface area contributed by atoms with Crippen molar-refractivity contribution in [3.8, 4) is 5.75 Å². The number of piperidine rings is 2. The van der Waals surface area contributed by atoms with Gasteiger partial charge in [-0.25, -0.2) is 4.98 Å². The summed E-state index contributed by atoms with van der Waals surface area (Å²) in [6.07, 6.45) is 4.33. The summed E-state index contributed by atoms with van der Waals surface area (Å²) in [5, 5.41) is 13.3. The Morgan fingerprint density at radius 2 is 1.71 bits per heavy atom. The van der Waals surface area contributed by atoms with Crippen LogP contribution < -0.4 is 36.2 Å². The van der Waals surface area contributed by atoms with Crippen LogP contribution in [0.2, 0.25) is 5.02 Å². The zero-order valence-corrected chi connectivity index (χ0v) is 30.9. The van der Waals surface area contributed by atoms with Crippen LogP contribution >= 0.6 is 18.7 Å². The zero-order chi connectivity index (χ0) is 36.1. The van der Waals surface area contributed by atoms with Crippen LogP contribution in [0, 0.1) is 0 Å². The predicted octanol–water partition coefficient (Wildman–Crippen LogP) is 6.19. The van der Waals surface area contributed by atoms with E-state index in [-0.39, 0.29) is 11.8 Å². The number of carbonyl (C=O) groups is 2. The average molecular weight is 731 g/mol. The van der Waals surface area contributed by atoms with Gasteiger partial charge in [-0.3, -0.25) is 19.8 Å². The molecule has 14 heteroatoms. The van der Waals surface area contributed by atoms with Gasteiger partial charge in [-0.1, -0.05) is 41.9 Å². The van der Waals surface area contributed by atoms with E-state index >= 15 is 0 Å². The van der Waals surface area contributed by atoms with E-state index in [0.29, 0.717) is 58.1 Å². The quantitative estimate of drug-likeness (QED) is 0.0980. The summed E-state index contributed by atoms with van der Waals surface area (Å²) < 4.78 is 18.7. The predicted molar refractivity (Wildman–Crippen MR) is 205 cm³/mol. The van der Waals surface area contributed by atoms with Crippen molar-refractivity contribution in [3.05, 3.63) is 83.5 Å². The van der Waals surface area contributed by atoms with Gasteiger partial charge in [-0.2, -0.15) is 4.98 Å². The number of ether oxygens (including phenoxy) is 1. The molecule has 2 aliphatic rings. The summed E-state index contributed by atoms with van der Waals surface area (Å²) >= 11 is 6.46. The lowest BCUT2D eigenvalue weighted by Gasteiger charge is -2.38. The lowest BCUT2D eigenvalue weighted by Crippen LogP contribution is -2.47. The summed E-state index contributed by atoms with van der Waals surface area (Å²) in [6, 6.07) is 21.5. The van der Waals surface area contributed by atoms with E-state index in [1.54, 1.807) is 20.4 Å². The van der Waals surface area contributed by atoms with Crippen LogP contribution in [0.15, 0.2) is 72.9 Å². The largest absolute Gasteiger partial charge is 0.494 e. The van der Waals surface area contributed by atoms with Crippen LogP contribution in [0.25, 0.3) is 0 Å². The van der Waals surface area contributed by atoms with Crippen LogP contribution in [0.3, 0.4) is 0 Å². The summed E-state index contributed by atoms with van der Waals surface area (Å²) in [7, 11) is 1.24. The van der Waals surface area contributed by atoms with E-state index in [0.717, 1.165) is 49.4 Å².